The molecule has 0 saturated carbocycles. The normalized spacial score (nSPS) is 20.4. The molecule has 1 aromatic heterocycles. The van der Waals surface area contributed by atoms with Crippen LogP contribution in [-0.4, -0.2) is 27.8 Å². The van der Waals surface area contributed by atoms with Crippen LogP contribution in [0, 0.1) is 0 Å². The molecule has 0 spiro atoms. The van der Waals surface area contributed by atoms with Gasteiger partial charge in [-0.25, -0.2) is 0 Å². The number of rotatable bonds is 3. The zero-order chi connectivity index (χ0) is 12.3. The lowest BCUT2D eigenvalue weighted by atomic mass is 10.1. The topological polar surface area (TPSA) is 75.2 Å². The maximum absolute atomic E-state index is 11.6. The molecule has 1 aliphatic heterocycles. The van der Waals surface area contributed by atoms with Gasteiger partial charge in [0.25, 0.3) is 5.56 Å². The third-order valence-corrected chi connectivity index (χ3v) is 3.09. The quantitative estimate of drug-likeness (QED) is 0.828. The van der Waals surface area contributed by atoms with E-state index in [9.17, 15) is 9.90 Å². The van der Waals surface area contributed by atoms with Gasteiger partial charge in [0, 0.05) is 13.0 Å². The third kappa shape index (κ3) is 2.85. The largest absolute Gasteiger partial charge is 0.493 e. The van der Waals surface area contributed by atoms with Crippen molar-refractivity contribution in [3.8, 4) is 5.88 Å². The molecule has 0 aromatic carbocycles. The Morgan fingerprint density at radius 2 is 2.35 bits per heavy atom. The molecule has 5 nitrogen and oxygen atoms in total. The molecular formula is C12H18N2O3. The number of nitrogens with zero attached hydrogens (tertiary/aromatic N) is 1. The highest BCUT2D eigenvalue weighted by molar-refractivity contribution is 5.22. The van der Waals surface area contributed by atoms with Crippen molar-refractivity contribution in [1.82, 2.24) is 9.97 Å². The Bertz CT molecular complexity index is 436. The number of aromatic amines is 1. The fraction of sp³-hybridized carbons (Fsp3) is 0.667. The fourth-order valence-corrected chi connectivity index (χ4v) is 2.13. The van der Waals surface area contributed by atoms with Gasteiger partial charge in [0.05, 0.1) is 11.7 Å². The summed E-state index contributed by atoms with van der Waals surface area (Å²) in [6.45, 7) is 2.59. The van der Waals surface area contributed by atoms with E-state index >= 15 is 0 Å². The van der Waals surface area contributed by atoms with E-state index in [1.807, 2.05) is 6.92 Å². The molecule has 0 bridgehead atoms. The summed E-state index contributed by atoms with van der Waals surface area (Å²) in [5.74, 6) is 0.360. The Balaban J connectivity index is 2.13. The molecule has 2 N–H and O–H groups in total. The van der Waals surface area contributed by atoms with Gasteiger partial charge in [0.15, 0.2) is 0 Å². The van der Waals surface area contributed by atoms with E-state index in [0.29, 0.717) is 24.2 Å². The highest BCUT2D eigenvalue weighted by Gasteiger charge is 2.17. The molecule has 1 atom stereocenters. The second kappa shape index (κ2) is 5.31. The van der Waals surface area contributed by atoms with Crippen LogP contribution in [0.2, 0.25) is 0 Å². The second-order valence-electron chi connectivity index (χ2n) is 4.36. The van der Waals surface area contributed by atoms with E-state index in [-0.39, 0.29) is 17.5 Å². The first-order valence-electron chi connectivity index (χ1n) is 6.13. The van der Waals surface area contributed by atoms with Gasteiger partial charge in [0.2, 0.25) is 5.88 Å². The Morgan fingerprint density at radius 3 is 2.94 bits per heavy atom. The molecule has 94 valence electrons. The molecule has 1 saturated heterocycles. The highest BCUT2D eigenvalue weighted by Crippen LogP contribution is 2.16. The maximum atomic E-state index is 11.6. The first-order valence-corrected chi connectivity index (χ1v) is 6.13. The van der Waals surface area contributed by atoms with Crippen molar-refractivity contribution in [3.05, 3.63) is 21.7 Å². The molecular weight excluding hydrogens is 220 g/mol. The molecule has 1 fully saturated rings. The minimum atomic E-state index is -0.245. The Morgan fingerprint density at radius 1 is 1.53 bits per heavy atom. The number of H-pyrrole nitrogens is 1. The van der Waals surface area contributed by atoms with Crippen molar-refractivity contribution < 1.29 is 9.84 Å². The van der Waals surface area contributed by atoms with Crippen LogP contribution in [-0.2, 0) is 17.6 Å². The predicted octanol–water partition coefficient (Wildman–Crippen LogP) is 1.15. The van der Waals surface area contributed by atoms with Gasteiger partial charge in [-0.1, -0.05) is 6.92 Å². The number of aromatic hydroxyl groups is 1. The van der Waals surface area contributed by atoms with Crippen molar-refractivity contribution in [2.75, 3.05) is 6.61 Å². The molecule has 1 unspecified atom stereocenters. The zero-order valence-electron chi connectivity index (χ0n) is 10.0. The van der Waals surface area contributed by atoms with E-state index in [0.717, 1.165) is 25.9 Å². The number of nitrogens with one attached hydrogen (secondary N) is 1. The molecule has 1 aromatic rings. The van der Waals surface area contributed by atoms with E-state index in [4.69, 9.17) is 4.74 Å². The van der Waals surface area contributed by atoms with Crippen molar-refractivity contribution in [1.29, 1.82) is 0 Å². The summed E-state index contributed by atoms with van der Waals surface area (Å²) >= 11 is 0. The van der Waals surface area contributed by atoms with Crippen LogP contribution < -0.4 is 5.56 Å². The van der Waals surface area contributed by atoms with Gasteiger partial charge in [-0.15, -0.1) is 0 Å². The fourth-order valence-electron chi connectivity index (χ4n) is 2.13. The van der Waals surface area contributed by atoms with Crippen LogP contribution in [0.4, 0.5) is 0 Å². The van der Waals surface area contributed by atoms with Crippen LogP contribution in [0.3, 0.4) is 0 Å². The lowest BCUT2D eigenvalue weighted by Gasteiger charge is -2.21. The van der Waals surface area contributed by atoms with Gasteiger partial charge >= 0.3 is 0 Å². The second-order valence-corrected chi connectivity index (χ2v) is 4.36. The minimum absolute atomic E-state index is 0.110. The Labute approximate surface area is 99.9 Å². The van der Waals surface area contributed by atoms with Gasteiger partial charge in [0.1, 0.15) is 5.82 Å². The zero-order valence-corrected chi connectivity index (χ0v) is 10.0. The SMILES string of the molecule is CCc1c(O)nc(CC2CCCCO2)[nH]c1=O. The van der Waals surface area contributed by atoms with Gasteiger partial charge in [-0.2, -0.15) is 4.98 Å². The van der Waals surface area contributed by atoms with Crippen molar-refractivity contribution in [2.24, 2.45) is 0 Å². The Kier molecular flexibility index (Phi) is 3.78. The summed E-state index contributed by atoms with van der Waals surface area (Å²) in [6, 6.07) is 0. The van der Waals surface area contributed by atoms with Crippen LogP contribution in [0.5, 0.6) is 5.88 Å². The van der Waals surface area contributed by atoms with E-state index in [2.05, 4.69) is 9.97 Å². The number of hydrogen-bond acceptors (Lipinski definition) is 4. The van der Waals surface area contributed by atoms with E-state index in [1.54, 1.807) is 0 Å². The number of aromatic nitrogens is 2. The molecule has 17 heavy (non-hydrogen) atoms. The molecule has 0 aliphatic carbocycles. The summed E-state index contributed by atoms with van der Waals surface area (Å²) in [5.41, 5.74) is 0.101. The van der Waals surface area contributed by atoms with Crippen LogP contribution in [0.1, 0.15) is 37.6 Å². The maximum Gasteiger partial charge on any atom is 0.257 e. The monoisotopic (exact) mass is 238 g/mol. The summed E-state index contributed by atoms with van der Waals surface area (Å²) in [7, 11) is 0. The summed E-state index contributed by atoms with van der Waals surface area (Å²) in [6.07, 6.45) is 4.38. The van der Waals surface area contributed by atoms with E-state index < -0.39 is 0 Å². The van der Waals surface area contributed by atoms with Gasteiger partial charge in [-0.3, -0.25) is 4.79 Å². The van der Waals surface area contributed by atoms with E-state index in [1.165, 1.54) is 0 Å². The molecule has 5 heteroatoms. The molecule has 1 aliphatic rings. The first kappa shape index (κ1) is 12.1. The van der Waals surface area contributed by atoms with Crippen molar-refractivity contribution >= 4 is 0 Å². The molecule has 2 rings (SSSR count). The van der Waals surface area contributed by atoms with Gasteiger partial charge in [-0.05, 0) is 25.7 Å². The lowest BCUT2D eigenvalue weighted by Crippen LogP contribution is -2.25. The highest BCUT2D eigenvalue weighted by atomic mass is 16.5. The first-order chi connectivity index (χ1) is 8.20. The Hall–Kier alpha value is -1.36. The van der Waals surface area contributed by atoms with Crippen LogP contribution in [0.15, 0.2) is 4.79 Å². The lowest BCUT2D eigenvalue weighted by molar-refractivity contribution is 0.0155. The van der Waals surface area contributed by atoms with Crippen molar-refractivity contribution in [2.45, 2.75) is 45.1 Å². The smallest absolute Gasteiger partial charge is 0.257 e. The average molecular weight is 238 g/mol. The third-order valence-electron chi connectivity index (χ3n) is 3.09. The molecule has 0 radical (unpaired) electrons. The standard InChI is InChI=1S/C12H18N2O3/c1-2-9-11(15)13-10(14-12(9)16)7-8-5-3-4-6-17-8/h8H,2-7H2,1H3,(H2,13,14,15,16). The summed E-state index contributed by atoms with van der Waals surface area (Å²) in [5, 5.41) is 9.63. The number of hydrogen-bond donors (Lipinski definition) is 2. The van der Waals surface area contributed by atoms with Crippen LogP contribution >= 0.6 is 0 Å². The average Bonchev–Trinajstić information content (AvgIpc) is 2.30. The summed E-state index contributed by atoms with van der Waals surface area (Å²) in [4.78, 5) is 18.4. The molecule has 0 amide bonds. The molecule has 2 heterocycles. The predicted molar refractivity (Wildman–Crippen MR) is 63.2 cm³/mol. The van der Waals surface area contributed by atoms with Crippen LogP contribution in [0.25, 0.3) is 0 Å². The number of ether oxygens (including phenoxy) is 1. The van der Waals surface area contributed by atoms with Crippen molar-refractivity contribution in [3.63, 3.8) is 0 Å². The minimum Gasteiger partial charge on any atom is -0.493 e. The van der Waals surface area contributed by atoms with Gasteiger partial charge < -0.3 is 14.8 Å². The summed E-state index contributed by atoms with van der Waals surface area (Å²) < 4.78 is 5.57.